The lowest BCUT2D eigenvalue weighted by molar-refractivity contribution is 0.299. The van der Waals surface area contributed by atoms with Crippen LogP contribution in [0.5, 0.6) is 17.2 Å². The van der Waals surface area contributed by atoms with E-state index >= 15 is 0 Å². The molecule has 0 amide bonds. The molecule has 0 fully saturated rings. The molecule has 0 saturated carbocycles. The summed E-state index contributed by atoms with van der Waals surface area (Å²) in [5, 5.41) is 2.10. The van der Waals surface area contributed by atoms with E-state index in [9.17, 15) is 0 Å². The molecular formula is C42H47O3P. The minimum Gasteiger partial charge on any atom is -0.488 e. The van der Waals surface area contributed by atoms with Crippen molar-refractivity contribution in [2.24, 2.45) is 0 Å². The Kier molecular flexibility index (Phi) is 10.2. The van der Waals surface area contributed by atoms with Gasteiger partial charge in [0.1, 0.15) is 30.5 Å². The van der Waals surface area contributed by atoms with E-state index in [2.05, 4.69) is 128 Å². The molecule has 0 bridgehead atoms. The summed E-state index contributed by atoms with van der Waals surface area (Å²) in [6, 6.07) is 39.9. The van der Waals surface area contributed by atoms with Crippen molar-refractivity contribution in [3.8, 4) is 17.2 Å². The van der Waals surface area contributed by atoms with Crippen LogP contribution in [0.25, 0.3) is 0 Å². The van der Waals surface area contributed by atoms with Crippen molar-refractivity contribution in [2.75, 3.05) is 0 Å². The first-order valence-electron chi connectivity index (χ1n) is 16.1. The van der Waals surface area contributed by atoms with Gasteiger partial charge in [0.05, 0.1) is 10.6 Å². The Morgan fingerprint density at radius 3 is 1.24 bits per heavy atom. The van der Waals surface area contributed by atoms with Crippen molar-refractivity contribution in [1.82, 2.24) is 0 Å². The third-order valence-electron chi connectivity index (χ3n) is 7.87. The second kappa shape index (κ2) is 14.1. The first kappa shape index (κ1) is 33.3. The zero-order valence-electron chi connectivity index (χ0n) is 28.6. The Labute approximate surface area is 277 Å². The zero-order valence-corrected chi connectivity index (χ0v) is 29.5. The third kappa shape index (κ3) is 8.20. The van der Waals surface area contributed by atoms with Crippen LogP contribution in [0.4, 0.5) is 0 Å². The van der Waals surface area contributed by atoms with Crippen LogP contribution < -0.4 is 24.6 Å². The highest BCUT2D eigenvalue weighted by Gasteiger charge is 2.33. The van der Waals surface area contributed by atoms with Crippen molar-refractivity contribution >= 4 is 18.8 Å². The molecule has 5 aromatic rings. The molecule has 3 nitrogen and oxygen atoms in total. The van der Waals surface area contributed by atoms with Gasteiger partial charge in [-0.2, -0.15) is 0 Å². The van der Waals surface area contributed by atoms with Crippen LogP contribution in [0.3, 0.4) is 0 Å². The molecule has 0 unspecified atom stereocenters. The van der Waals surface area contributed by atoms with Crippen LogP contribution in [0.2, 0.25) is 0 Å². The SMILES string of the molecule is Cc1cc(P(Oc2ccccc2)c2cc(C)cc(C(C)(C)C)c2OCc2ccccc2)c(OCc2ccccc2)c(C(C)(C)C)c1. The molecule has 0 atom stereocenters. The van der Waals surface area contributed by atoms with Gasteiger partial charge in [0.15, 0.2) is 8.15 Å². The Hall–Kier alpha value is -4.07. The van der Waals surface area contributed by atoms with Crippen LogP contribution in [0.15, 0.2) is 115 Å². The summed E-state index contributed by atoms with van der Waals surface area (Å²) in [7, 11) is -1.44. The van der Waals surface area contributed by atoms with E-state index in [1.54, 1.807) is 0 Å². The first-order valence-corrected chi connectivity index (χ1v) is 17.3. The average Bonchev–Trinajstić information content (AvgIpc) is 3.02. The van der Waals surface area contributed by atoms with E-state index in [1.807, 2.05) is 42.5 Å². The van der Waals surface area contributed by atoms with E-state index < -0.39 is 8.15 Å². The second-order valence-electron chi connectivity index (χ2n) is 14.1. The Morgan fingerprint density at radius 1 is 0.500 bits per heavy atom. The summed E-state index contributed by atoms with van der Waals surface area (Å²) in [5.41, 5.74) is 6.61. The average molecular weight is 631 g/mol. The molecule has 5 rings (SSSR count). The maximum atomic E-state index is 7.12. The number of hydrogen-bond acceptors (Lipinski definition) is 3. The fourth-order valence-corrected chi connectivity index (χ4v) is 7.67. The van der Waals surface area contributed by atoms with Crippen molar-refractivity contribution < 1.29 is 14.0 Å². The summed E-state index contributed by atoms with van der Waals surface area (Å²) in [5.74, 6) is 2.59. The van der Waals surface area contributed by atoms with Gasteiger partial charge >= 0.3 is 0 Å². The topological polar surface area (TPSA) is 27.7 Å². The quantitative estimate of drug-likeness (QED) is 0.144. The maximum absolute atomic E-state index is 7.12. The summed E-state index contributed by atoms with van der Waals surface area (Å²) in [4.78, 5) is 0. The van der Waals surface area contributed by atoms with Gasteiger partial charge < -0.3 is 14.0 Å². The second-order valence-corrected chi connectivity index (χ2v) is 15.8. The predicted octanol–water partition coefficient (Wildman–Crippen LogP) is 10.5. The largest absolute Gasteiger partial charge is 0.488 e. The lowest BCUT2D eigenvalue weighted by Gasteiger charge is -2.31. The maximum Gasteiger partial charge on any atom is 0.158 e. The molecule has 0 aliphatic rings. The molecular weight excluding hydrogens is 583 g/mol. The Morgan fingerprint density at radius 2 is 0.870 bits per heavy atom. The number of ether oxygens (including phenoxy) is 2. The molecule has 0 saturated heterocycles. The summed E-state index contributed by atoms with van der Waals surface area (Å²) in [6.45, 7) is 18.8. The number of aryl methyl sites for hydroxylation is 2. The van der Waals surface area contributed by atoms with Crippen molar-refractivity contribution in [1.29, 1.82) is 0 Å². The van der Waals surface area contributed by atoms with Gasteiger partial charge in [0.2, 0.25) is 0 Å². The number of rotatable bonds is 10. The Balaban J connectivity index is 1.76. The molecule has 0 radical (unpaired) electrons. The fourth-order valence-electron chi connectivity index (χ4n) is 5.50. The molecule has 0 heterocycles. The van der Waals surface area contributed by atoms with Crippen molar-refractivity contribution in [3.05, 3.63) is 149 Å². The van der Waals surface area contributed by atoms with Crippen LogP contribution >= 0.6 is 8.15 Å². The highest BCUT2D eigenvalue weighted by atomic mass is 31.1. The first-order chi connectivity index (χ1) is 21.9. The van der Waals surface area contributed by atoms with Crippen molar-refractivity contribution in [2.45, 2.75) is 79.4 Å². The Bertz CT molecular complexity index is 1620. The summed E-state index contributed by atoms with van der Waals surface area (Å²) < 4.78 is 20.9. The molecule has 4 heteroatoms. The molecule has 0 aromatic heterocycles. The van der Waals surface area contributed by atoms with Crippen LogP contribution in [0.1, 0.15) is 74.9 Å². The highest BCUT2D eigenvalue weighted by molar-refractivity contribution is 7.69. The number of para-hydroxylation sites is 1. The highest BCUT2D eigenvalue weighted by Crippen LogP contribution is 2.47. The van der Waals surface area contributed by atoms with Crippen LogP contribution in [-0.2, 0) is 24.0 Å². The molecule has 46 heavy (non-hydrogen) atoms. The predicted molar refractivity (Wildman–Crippen MR) is 195 cm³/mol. The lowest BCUT2D eigenvalue weighted by atomic mass is 9.85. The van der Waals surface area contributed by atoms with Gasteiger partial charge in [-0.1, -0.05) is 133 Å². The van der Waals surface area contributed by atoms with Gasteiger partial charge in [-0.3, -0.25) is 0 Å². The molecule has 0 aliphatic heterocycles. The van der Waals surface area contributed by atoms with Crippen molar-refractivity contribution in [3.63, 3.8) is 0 Å². The van der Waals surface area contributed by atoms with E-state index in [0.717, 1.165) is 50.1 Å². The van der Waals surface area contributed by atoms with E-state index in [-0.39, 0.29) is 10.8 Å². The summed E-state index contributed by atoms with van der Waals surface area (Å²) in [6.07, 6.45) is 0. The zero-order chi connectivity index (χ0) is 32.9. The normalized spacial score (nSPS) is 11.8. The molecule has 0 aliphatic carbocycles. The van der Waals surface area contributed by atoms with Crippen LogP contribution in [0, 0.1) is 13.8 Å². The van der Waals surface area contributed by atoms with E-state index in [1.165, 1.54) is 11.1 Å². The summed E-state index contributed by atoms with van der Waals surface area (Å²) >= 11 is 0. The van der Waals surface area contributed by atoms with E-state index in [0.29, 0.717) is 13.2 Å². The third-order valence-corrected chi connectivity index (χ3v) is 9.81. The standard InChI is InChI=1S/C42H47O3P/c1-30-24-35(41(3,4)5)39(43-28-32-18-12-9-13-19-32)37(26-30)46(45-34-22-16-11-17-23-34)38-27-31(2)25-36(42(6,7)8)40(38)44-29-33-20-14-10-15-21-33/h9-27H,28-29H2,1-8H3. The minimum absolute atomic E-state index is 0.156. The van der Waals surface area contributed by atoms with Crippen LogP contribution in [-0.4, -0.2) is 0 Å². The number of benzene rings is 5. The smallest absolute Gasteiger partial charge is 0.158 e. The number of hydrogen-bond donors (Lipinski definition) is 0. The molecule has 0 N–H and O–H groups in total. The minimum atomic E-state index is -1.44. The lowest BCUT2D eigenvalue weighted by Crippen LogP contribution is -2.26. The van der Waals surface area contributed by atoms with Gasteiger partial charge in [0, 0.05) is 11.1 Å². The van der Waals surface area contributed by atoms with Gasteiger partial charge in [0.25, 0.3) is 0 Å². The van der Waals surface area contributed by atoms with Gasteiger partial charge in [-0.05, 0) is 71.2 Å². The van der Waals surface area contributed by atoms with Gasteiger partial charge in [-0.25, -0.2) is 0 Å². The molecule has 5 aromatic carbocycles. The monoisotopic (exact) mass is 630 g/mol. The molecule has 238 valence electrons. The van der Waals surface area contributed by atoms with E-state index in [4.69, 9.17) is 14.0 Å². The fraction of sp³-hybridized carbons (Fsp3) is 0.286. The molecule has 0 spiro atoms. The van der Waals surface area contributed by atoms with Gasteiger partial charge in [-0.15, -0.1) is 0 Å².